The molecule has 0 saturated carbocycles. The van der Waals surface area contributed by atoms with Crippen molar-refractivity contribution in [1.82, 2.24) is 4.90 Å². The van der Waals surface area contributed by atoms with Crippen molar-refractivity contribution in [3.63, 3.8) is 0 Å². The SMILES string of the molecule is C=C(C)[C@H]1CN(C(=O)OC(C)(C)C)[C@H](CO)[C@H]1CCO. The summed E-state index contributed by atoms with van der Waals surface area (Å²) in [6, 6.07) is -0.321. The summed E-state index contributed by atoms with van der Waals surface area (Å²) in [6.07, 6.45) is 0.130. The summed E-state index contributed by atoms with van der Waals surface area (Å²) in [7, 11) is 0. The van der Waals surface area contributed by atoms with Gasteiger partial charge in [0, 0.05) is 19.1 Å². The van der Waals surface area contributed by atoms with Crippen molar-refractivity contribution in [1.29, 1.82) is 0 Å². The van der Waals surface area contributed by atoms with Gasteiger partial charge in [-0.15, -0.1) is 0 Å². The fourth-order valence-corrected chi connectivity index (χ4v) is 2.81. The molecule has 116 valence electrons. The van der Waals surface area contributed by atoms with Crippen LogP contribution in [0.15, 0.2) is 12.2 Å². The molecule has 0 aliphatic carbocycles. The molecule has 1 aliphatic heterocycles. The van der Waals surface area contributed by atoms with Crippen molar-refractivity contribution in [2.24, 2.45) is 11.8 Å². The third-order valence-corrected chi connectivity index (χ3v) is 3.72. The molecular weight excluding hydrogens is 258 g/mol. The van der Waals surface area contributed by atoms with E-state index < -0.39 is 11.7 Å². The zero-order chi connectivity index (χ0) is 15.5. The van der Waals surface area contributed by atoms with E-state index in [1.807, 2.05) is 27.7 Å². The van der Waals surface area contributed by atoms with Gasteiger partial charge < -0.3 is 19.8 Å². The van der Waals surface area contributed by atoms with Crippen LogP contribution in [0.2, 0.25) is 0 Å². The molecule has 5 heteroatoms. The van der Waals surface area contributed by atoms with Crippen molar-refractivity contribution >= 4 is 6.09 Å². The second kappa shape index (κ2) is 6.59. The van der Waals surface area contributed by atoms with Crippen molar-refractivity contribution in [3.05, 3.63) is 12.2 Å². The molecule has 20 heavy (non-hydrogen) atoms. The van der Waals surface area contributed by atoms with Crippen LogP contribution in [0.1, 0.15) is 34.1 Å². The van der Waals surface area contributed by atoms with Gasteiger partial charge in [0.2, 0.25) is 0 Å². The molecule has 1 fully saturated rings. The molecule has 0 aromatic heterocycles. The highest BCUT2D eigenvalue weighted by Crippen LogP contribution is 2.36. The van der Waals surface area contributed by atoms with Crippen LogP contribution in [0.25, 0.3) is 0 Å². The Bertz CT molecular complexity index is 361. The first-order chi connectivity index (χ1) is 9.21. The lowest BCUT2D eigenvalue weighted by atomic mass is 9.84. The third-order valence-electron chi connectivity index (χ3n) is 3.72. The summed E-state index contributed by atoms with van der Waals surface area (Å²) < 4.78 is 5.39. The lowest BCUT2D eigenvalue weighted by Gasteiger charge is -2.29. The lowest BCUT2D eigenvalue weighted by molar-refractivity contribution is 0.0137. The molecule has 1 amide bonds. The fourth-order valence-electron chi connectivity index (χ4n) is 2.81. The number of ether oxygens (including phenoxy) is 1. The average Bonchev–Trinajstić information content (AvgIpc) is 2.66. The van der Waals surface area contributed by atoms with Gasteiger partial charge in [-0.2, -0.15) is 0 Å². The number of aliphatic hydroxyl groups excluding tert-OH is 2. The normalized spacial score (nSPS) is 26.7. The summed E-state index contributed by atoms with van der Waals surface area (Å²) in [5, 5.41) is 18.8. The van der Waals surface area contributed by atoms with Gasteiger partial charge in [-0.25, -0.2) is 4.79 Å². The van der Waals surface area contributed by atoms with Crippen LogP contribution in [0.3, 0.4) is 0 Å². The Kier molecular flexibility index (Phi) is 5.59. The van der Waals surface area contributed by atoms with Crippen molar-refractivity contribution < 1.29 is 19.7 Å². The molecule has 0 aromatic rings. The van der Waals surface area contributed by atoms with Crippen LogP contribution in [-0.4, -0.2) is 52.6 Å². The van der Waals surface area contributed by atoms with Gasteiger partial charge in [0.15, 0.2) is 0 Å². The highest BCUT2D eigenvalue weighted by Gasteiger charge is 2.44. The topological polar surface area (TPSA) is 70.0 Å². The quantitative estimate of drug-likeness (QED) is 0.773. The molecule has 0 spiro atoms. The fraction of sp³-hybridized carbons (Fsp3) is 0.800. The minimum absolute atomic E-state index is 0.0232. The molecule has 3 atom stereocenters. The van der Waals surface area contributed by atoms with Crippen LogP contribution in [0.4, 0.5) is 4.79 Å². The molecule has 1 heterocycles. The first-order valence-corrected chi connectivity index (χ1v) is 7.08. The van der Waals surface area contributed by atoms with E-state index >= 15 is 0 Å². The number of aliphatic hydroxyl groups is 2. The maximum Gasteiger partial charge on any atom is 0.410 e. The van der Waals surface area contributed by atoms with Crippen LogP contribution in [-0.2, 0) is 4.74 Å². The molecule has 1 saturated heterocycles. The van der Waals surface area contributed by atoms with E-state index in [-0.39, 0.29) is 31.1 Å². The van der Waals surface area contributed by atoms with Gasteiger partial charge in [-0.05, 0) is 40.0 Å². The van der Waals surface area contributed by atoms with E-state index in [2.05, 4.69) is 6.58 Å². The van der Waals surface area contributed by atoms with E-state index in [9.17, 15) is 15.0 Å². The first-order valence-electron chi connectivity index (χ1n) is 7.08. The number of amides is 1. The predicted octanol–water partition coefficient (Wildman–Crippen LogP) is 1.79. The van der Waals surface area contributed by atoms with Gasteiger partial charge >= 0.3 is 6.09 Å². The number of hydrogen-bond donors (Lipinski definition) is 2. The molecule has 0 aromatic carbocycles. The van der Waals surface area contributed by atoms with Crippen LogP contribution in [0.5, 0.6) is 0 Å². The number of likely N-dealkylation sites (tertiary alicyclic amines) is 1. The van der Waals surface area contributed by atoms with Crippen molar-refractivity contribution in [2.45, 2.75) is 45.8 Å². The van der Waals surface area contributed by atoms with E-state index in [0.29, 0.717) is 13.0 Å². The molecule has 1 aliphatic rings. The number of hydrogen-bond acceptors (Lipinski definition) is 4. The summed E-state index contributed by atoms with van der Waals surface area (Å²) in [5.41, 5.74) is 0.401. The molecule has 0 radical (unpaired) electrons. The molecule has 5 nitrogen and oxygen atoms in total. The van der Waals surface area contributed by atoms with Crippen molar-refractivity contribution in [2.75, 3.05) is 19.8 Å². The standard InChI is InChI=1S/C15H27NO4/c1-10(2)12-8-16(14(19)20-15(3,4)5)13(9-18)11(12)6-7-17/h11-13,17-18H,1,6-9H2,2-5H3/t11-,12+,13+/m0/s1. The Balaban J connectivity index is 2.91. The highest BCUT2D eigenvalue weighted by atomic mass is 16.6. The van der Waals surface area contributed by atoms with Gasteiger partial charge in [0.1, 0.15) is 5.60 Å². The van der Waals surface area contributed by atoms with Crippen LogP contribution >= 0.6 is 0 Å². The number of carbonyl (C=O) groups is 1. The largest absolute Gasteiger partial charge is 0.444 e. The summed E-state index contributed by atoms with van der Waals surface area (Å²) >= 11 is 0. The minimum Gasteiger partial charge on any atom is -0.444 e. The van der Waals surface area contributed by atoms with Crippen molar-refractivity contribution in [3.8, 4) is 0 Å². The predicted molar refractivity (Wildman–Crippen MR) is 77.3 cm³/mol. The zero-order valence-electron chi connectivity index (χ0n) is 12.9. The smallest absolute Gasteiger partial charge is 0.410 e. The lowest BCUT2D eigenvalue weighted by Crippen LogP contribution is -2.43. The molecular formula is C15H27NO4. The van der Waals surface area contributed by atoms with Gasteiger partial charge in [-0.1, -0.05) is 12.2 Å². The van der Waals surface area contributed by atoms with Crippen LogP contribution < -0.4 is 0 Å². The summed E-state index contributed by atoms with van der Waals surface area (Å²) in [5.74, 6) is 0.113. The molecule has 0 bridgehead atoms. The van der Waals surface area contributed by atoms with Gasteiger partial charge in [0.05, 0.1) is 12.6 Å². The van der Waals surface area contributed by atoms with Crippen LogP contribution in [0, 0.1) is 11.8 Å². The number of nitrogens with zero attached hydrogens (tertiary/aromatic N) is 1. The Morgan fingerprint density at radius 3 is 2.40 bits per heavy atom. The first kappa shape index (κ1) is 17.0. The maximum absolute atomic E-state index is 12.2. The Hall–Kier alpha value is -1.07. The Morgan fingerprint density at radius 1 is 1.40 bits per heavy atom. The maximum atomic E-state index is 12.2. The Morgan fingerprint density at radius 2 is 2.00 bits per heavy atom. The number of carbonyl (C=O) groups excluding carboxylic acids is 1. The van der Waals surface area contributed by atoms with Gasteiger partial charge in [0.25, 0.3) is 0 Å². The monoisotopic (exact) mass is 285 g/mol. The van der Waals surface area contributed by atoms with E-state index in [0.717, 1.165) is 5.57 Å². The second-order valence-electron chi connectivity index (χ2n) is 6.51. The third kappa shape index (κ3) is 3.96. The van der Waals surface area contributed by atoms with E-state index in [1.165, 1.54) is 0 Å². The molecule has 1 rings (SSSR count). The Labute approximate surface area is 121 Å². The average molecular weight is 285 g/mol. The zero-order valence-corrected chi connectivity index (χ0v) is 12.9. The summed E-state index contributed by atoms with van der Waals surface area (Å²) in [4.78, 5) is 13.8. The molecule has 2 N–H and O–H groups in total. The minimum atomic E-state index is -0.565. The summed E-state index contributed by atoms with van der Waals surface area (Å²) in [6.45, 7) is 11.7. The van der Waals surface area contributed by atoms with E-state index in [4.69, 9.17) is 4.74 Å². The van der Waals surface area contributed by atoms with E-state index in [1.54, 1.807) is 4.90 Å². The second-order valence-corrected chi connectivity index (χ2v) is 6.51. The highest BCUT2D eigenvalue weighted by molar-refractivity contribution is 5.69. The number of rotatable bonds is 4. The van der Waals surface area contributed by atoms with Gasteiger partial charge in [-0.3, -0.25) is 0 Å². The molecule has 0 unspecified atom stereocenters.